The highest BCUT2D eigenvalue weighted by Crippen LogP contribution is 2.52. The number of ether oxygens (including phenoxy) is 1. The number of hydrogen-bond acceptors (Lipinski definition) is 6. The number of amides is 2. The molecule has 0 radical (unpaired) electrons. The third-order valence-electron chi connectivity index (χ3n) is 8.67. The standard InChI is InChI=1S/C32H31N7O4/c1-19-4-6-21(7-5-19)39-31(42)27(20(2)37(39)3)29(40)36-26-9-8-22(17-34-26)43-25-10-14-33-28-23(25)16-24(35-28)30(41)38-15-13-32(18-38)11-12-32/h4-10,14,16-17H,11-13,15,18H2,1-3H3,(H,33,35)(H,34,36,40). The van der Waals surface area contributed by atoms with Crippen LogP contribution in [0.25, 0.3) is 16.7 Å². The van der Waals surface area contributed by atoms with Crippen LogP contribution in [0, 0.1) is 19.3 Å². The number of likely N-dealkylation sites (tertiary alicyclic amines) is 1. The third kappa shape index (κ3) is 4.76. The van der Waals surface area contributed by atoms with Crippen LogP contribution in [-0.2, 0) is 7.05 Å². The summed E-state index contributed by atoms with van der Waals surface area (Å²) >= 11 is 0. The minimum atomic E-state index is -0.545. The number of nitrogens with one attached hydrogen (secondary N) is 2. The van der Waals surface area contributed by atoms with E-state index in [4.69, 9.17) is 4.74 Å². The van der Waals surface area contributed by atoms with Gasteiger partial charge in [-0.25, -0.2) is 14.6 Å². The number of pyridine rings is 2. The molecule has 0 atom stereocenters. The Morgan fingerprint density at radius 2 is 1.81 bits per heavy atom. The first-order valence-corrected chi connectivity index (χ1v) is 14.3. The summed E-state index contributed by atoms with van der Waals surface area (Å²) < 4.78 is 9.23. The van der Waals surface area contributed by atoms with Crippen molar-refractivity contribution in [3.63, 3.8) is 0 Å². The van der Waals surface area contributed by atoms with E-state index in [-0.39, 0.29) is 17.3 Å². The fourth-order valence-corrected chi connectivity index (χ4v) is 5.84. The highest BCUT2D eigenvalue weighted by Gasteiger charge is 2.49. The van der Waals surface area contributed by atoms with E-state index in [9.17, 15) is 14.4 Å². The molecule has 5 heterocycles. The first kappa shape index (κ1) is 26.7. The minimum Gasteiger partial charge on any atom is -0.455 e. The van der Waals surface area contributed by atoms with E-state index in [1.165, 1.54) is 23.7 Å². The largest absolute Gasteiger partial charge is 0.455 e. The number of aromatic nitrogens is 5. The Hall–Kier alpha value is -5.19. The number of aryl methyl sites for hydroxylation is 1. The molecular weight excluding hydrogens is 546 g/mol. The number of fused-ring (bicyclic) bond motifs is 1. The zero-order valence-electron chi connectivity index (χ0n) is 24.2. The van der Waals surface area contributed by atoms with Gasteiger partial charge < -0.3 is 19.9 Å². The normalized spacial score (nSPS) is 15.3. The maximum absolute atomic E-state index is 13.3. The first-order chi connectivity index (χ1) is 20.7. The van der Waals surface area contributed by atoms with E-state index >= 15 is 0 Å². The molecule has 1 aliphatic heterocycles. The molecule has 7 rings (SSSR count). The van der Waals surface area contributed by atoms with Gasteiger partial charge in [-0.05, 0) is 74.9 Å². The van der Waals surface area contributed by atoms with Gasteiger partial charge in [0.25, 0.3) is 17.4 Å². The van der Waals surface area contributed by atoms with Gasteiger partial charge in [0, 0.05) is 26.3 Å². The highest BCUT2D eigenvalue weighted by atomic mass is 16.5. The monoisotopic (exact) mass is 577 g/mol. The van der Waals surface area contributed by atoms with Crippen molar-refractivity contribution < 1.29 is 14.3 Å². The molecule has 1 spiro atoms. The molecule has 1 saturated heterocycles. The van der Waals surface area contributed by atoms with E-state index in [0.29, 0.717) is 45.0 Å². The van der Waals surface area contributed by atoms with Gasteiger partial charge in [-0.2, -0.15) is 0 Å². The lowest BCUT2D eigenvalue weighted by Gasteiger charge is -2.14. The van der Waals surface area contributed by atoms with Crippen molar-refractivity contribution in [2.75, 3.05) is 18.4 Å². The smallest absolute Gasteiger partial charge is 0.284 e. The Bertz CT molecular complexity index is 1950. The first-order valence-electron chi connectivity index (χ1n) is 14.3. The van der Waals surface area contributed by atoms with E-state index in [1.54, 1.807) is 49.1 Å². The Labute approximate surface area is 247 Å². The van der Waals surface area contributed by atoms with Crippen molar-refractivity contribution in [2.45, 2.75) is 33.1 Å². The predicted octanol–water partition coefficient (Wildman–Crippen LogP) is 4.73. The number of rotatable bonds is 6. The topological polar surface area (TPSA) is 127 Å². The maximum Gasteiger partial charge on any atom is 0.284 e. The molecule has 11 heteroatoms. The van der Waals surface area contributed by atoms with Crippen LogP contribution in [0.2, 0.25) is 0 Å². The molecule has 0 bridgehead atoms. The number of hydrogen-bond donors (Lipinski definition) is 2. The van der Waals surface area contributed by atoms with Gasteiger partial charge in [0.15, 0.2) is 0 Å². The fourth-order valence-electron chi connectivity index (χ4n) is 5.84. The van der Waals surface area contributed by atoms with Crippen molar-refractivity contribution >= 4 is 28.7 Å². The minimum absolute atomic E-state index is 0.0197. The van der Waals surface area contributed by atoms with Crippen LogP contribution in [-0.4, -0.2) is 54.1 Å². The van der Waals surface area contributed by atoms with E-state index < -0.39 is 11.5 Å². The van der Waals surface area contributed by atoms with Gasteiger partial charge in [-0.3, -0.25) is 19.1 Å². The van der Waals surface area contributed by atoms with Crippen molar-refractivity contribution in [1.82, 2.24) is 29.2 Å². The van der Waals surface area contributed by atoms with Gasteiger partial charge in [0.1, 0.15) is 34.2 Å². The lowest BCUT2D eigenvalue weighted by Crippen LogP contribution is -2.29. The molecule has 11 nitrogen and oxygen atoms in total. The Morgan fingerprint density at radius 1 is 1.02 bits per heavy atom. The molecule has 2 fully saturated rings. The summed E-state index contributed by atoms with van der Waals surface area (Å²) in [5.41, 5.74) is 3.32. The molecule has 1 aliphatic carbocycles. The molecule has 2 N–H and O–H groups in total. The molecule has 5 aromatic rings. The number of benzene rings is 1. The molecule has 43 heavy (non-hydrogen) atoms. The average molecular weight is 578 g/mol. The molecule has 0 unspecified atom stereocenters. The SMILES string of the molecule is Cc1ccc(-n2c(=O)c(C(=O)Nc3ccc(Oc4ccnc5[nH]c(C(=O)N6CCC7(CC7)C6)cc45)cn3)c(C)n2C)cc1. The molecule has 2 amide bonds. The fraction of sp³-hybridized carbons (Fsp3) is 0.281. The zero-order valence-corrected chi connectivity index (χ0v) is 24.2. The van der Waals surface area contributed by atoms with Crippen LogP contribution in [0.4, 0.5) is 5.82 Å². The van der Waals surface area contributed by atoms with Gasteiger partial charge in [0.2, 0.25) is 0 Å². The van der Waals surface area contributed by atoms with Crippen LogP contribution in [0.15, 0.2) is 65.7 Å². The predicted molar refractivity (Wildman–Crippen MR) is 161 cm³/mol. The van der Waals surface area contributed by atoms with E-state index in [2.05, 4.69) is 20.3 Å². The van der Waals surface area contributed by atoms with Crippen molar-refractivity contribution in [3.8, 4) is 17.2 Å². The summed E-state index contributed by atoms with van der Waals surface area (Å²) in [7, 11) is 1.74. The Morgan fingerprint density at radius 3 is 2.51 bits per heavy atom. The van der Waals surface area contributed by atoms with E-state index in [1.807, 2.05) is 36.1 Å². The summed E-state index contributed by atoms with van der Waals surface area (Å²) in [6, 6.07) is 14.3. The van der Waals surface area contributed by atoms with Crippen molar-refractivity contribution in [2.24, 2.45) is 12.5 Å². The van der Waals surface area contributed by atoms with Crippen molar-refractivity contribution in [3.05, 3.63) is 93.8 Å². The molecule has 2 aliphatic rings. The van der Waals surface area contributed by atoms with Gasteiger partial charge in [-0.1, -0.05) is 17.7 Å². The Balaban J connectivity index is 1.07. The van der Waals surface area contributed by atoms with Crippen LogP contribution in [0.3, 0.4) is 0 Å². The van der Waals surface area contributed by atoms with Crippen LogP contribution in [0.1, 0.15) is 51.4 Å². The van der Waals surface area contributed by atoms with Gasteiger partial charge in [0.05, 0.1) is 23.0 Å². The highest BCUT2D eigenvalue weighted by molar-refractivity contribution is 6.04. The maximum atomic E-state index is 13.3. The summed E-state index contributed by atoms with van der Waals surface area (Å²) in [4.78, 5) is 53.3. The van der Waals surface area contributed by atoms with Gasteiger partial charge >= 0.3 is 0 Å². The number of nitrogens with zero attached hydrogens (tertiary/aromatic N) is 5. The van der Waals surface area contributed by atoms with E-state index in [0.717, 1.165) is 25.1 Å². The molecule has 218 valence electrons. The number of carbonyl (C=O) groups is 2. The average Bonchev–Trinajstić information content (AvgIpc) is 3.31. The molecule has 1 aromatic carbocycles. The van der Waals surface area contributed by atoms with Crippen LogP contribution < -0.4 is 15.6 Å². The lowest BCUT2D eigenvalue weighted by molar-refractivity contribution is 0.0780. The van der Waals surface area contributed by atoms with Gasteiger partial charge in [-0.15, -0.1) is 0 Å². The summed E-state index contributed by atoms with van der Waals surface area (Å²) in [6.45, 7) is 5.31. The zero-order chi connectivity index (χ0) is 29.9. The summed E-state index contributed by atoms with van der Waals surface area (Å²) in [5.74, 6) is 0.670. The van der Waals surface area contributed by atoms with Crippen LogP contribution in [0.5, 0.6) is 11.5 Å². The number of aromatic amines is 1. The summed E-state index contributed by atoms with van der Waals surface area (Å²) in [5, 5.41) is 3.41. The van der Waals surface area contributed by atoms with Crippen molar-refractivity contribution in [1.29, 1.82) is 0 Å². The summed E-state index contributed by atoms with van der Waals surface area (Å²) in [6.07, 6.45) is 6.59. The quantitative estimate of drug-likeness (QED) is 0.300. The number of anilines is 1. The second-order valence-electron chi connectivity index (χ2n) is 11.6. The second kappa shape index (κ2) is 9.97. The van der Waals surface area contributed by atoms with Crippen LogP contribution >= 0.6 is 0 Å². The third-order valence-corrected chi connectivity index (χ3v) is 8.67. The number of H-pyrrole nitrogens is 1. The molecule has 1 saturated carbocycles. The lowest BCUT2D eigenvalue weighted by atomic mass is 10.1. The number of carbonyl (C=O) groups excluding carboxylic acids is 2. The molecule has 4 aromatic heterocycles. The Kier molecular flexibility index (Phi) is 6.19. The molecular formula is C32H31N7O4. The second-order valence-corrected chi connectivity index (χ2v) is 11.6.